The molecule has 3 nitrogen and oxygen atoms in total. The summed E-state index contributed by atoms with van der Waals surface area (Å²) in [5.74, 6) is 0. The lowest BCUT2D eigenvalue weighted by Gasteiger charge is -2.15. The fourth-order valence-electron chi connectivity index (χ4n) is 1.50. The van der Waals surface area contributed by atoms with Crippen molar-refractivity contribution in [2.75, 3.05) is 6.61 Å². The van der Waals surface area contributed by atoms with Gasteiger partial charge in [0.1, 0.15) is 6.10 Å². The minimum Gasteiger partial charge on any atom is -0.435 e. The summed E-state index contributed by atoms with van der Waals surface area (Å²) in [6.45, 7) is 2.14. The van der Waals surface area contributed by atoms with Crippen molar-refractivity contribution in [3.05, 3.63) is 12.2 Å². The average molecular weight is 198 g/mol. The summed E-state index contributed by atoms with van der Waals surface area (Å²) in [6, 6.07) is 0. The molecule has 0 aromatic heterocycles. The third-order valence-electron chi connectivity index (χ3n) is 2.22. The van der Waals surface area contributed by atoms with Crippen LogP contribution in [0.1, 0.15) is 39.0 Å². The fourth-order valence-corrected chi connectivity index (χ4v) is 1.50. The number of allylic oxidation sites excluding steroid dienone is 1. The number of ether oxygens (including phenoxy) is 2. The fraction of sp³-hybridized carbons (Fsp3) is 0.727. The third kappa shape index (κ3) is 4.30. The highest BCUT2D eigenvalue weighted by Crippen LogP contribution is 2.14. The van der Waals surface area contributed by atoms with Crippen molar-refractivity contribution in [3.63, 3.8) is 0 Å². The third-order valence-corrected chi connectivity index (χ3v) is 2.22. The standard InChI is InChI=1S/C11H18O3/c1-2-13-11(12)14-10-8-6-4-3-5-7-9-10/h6,8,10H,2-5,7,9H2,1H3/b8-6+. The minimum absolute atomic E-state index is 0.0886. The topological polar surface area (TPSA) is 35.5 Å². The molecule has 80 valence electrons. The summed E-state index contributed by atoms with van der Waals surface area (Å²) in [6.07, 6.45) is 8.98. The molecule has 1 rings (SSSR count). The van der Waals surface area contributed by atoms with Gasteiger partial charge in [0.15, 0.2) is 0 Å². The van der Waals surface area contributed by atoms with Crippen LogP contribution in [0.15, 0.2) is 12.2 Å². The Kier molecular flexibility index (Phi) is 5.12. The second-order valence-electron chi connectivity index (χ2n) is 3.41. The van der Waals surface area contributed by atoms with Crippen LogP contribution in [0.2, 0.25) is 0 Å². The second-order valence-corrected chi connectivity index (χ2v) is 3.41. The minimum atomic E-state index is -0.553. The van der Waals surface area contributed by atoms with Crippen LogP contribution in [0.25, 0.3) is 0 Å². The summed E-state index contributed by atoms with van der Waals surface area (Å²) in [7, 11) is 0. The summed E-state index contributed by atoms with van der Waals surface area (Å²) in [5.41, 5.74) is 0. The second kappa shape index (κ2) is 6.46. The molecule has 3 heteroatoms. The molecule has 0 amide bonds. The lowest BCUT2D eigenvalue weighted by Crippen LogP contribution is -2.17. The van der Waals surface area contributed by atoms with Crippen LogP contribution in [-0.2, 0) is 9.47 Å². The molecule has 14 heavy (non-hydrogen) atoms. The zero-order valence-electron chi connectivity index (χ0n) is 8.70. The van der Waals surface area contributed by atoms with E-state index in [9.17, 15) is 4.79 Å². The quantitative estimate of drug-likeness (QED) is 0.505. The normalized spacial score (nSPS) is 24.5. The molecule has 1 atom stereocenters. The van der Waals surface area contributed by atoms with Crippen LogP contribution >= 0.6 is 0 Å². The van der Waals surface area contributed by atoms with Gasteiger partial charge in [-0.2, -0.15) is 0 Å². The van der Waals surface area contributed by atoms with Gasteiger partial charge in [-0.05, 0) is 38.7 Å². The molecule has 0 spiro atoms. The van der Waals surface area contributed by atoms with E-state index in [-0.39, 0.29) is 6.10 Å². The lowest BCUT2D eigenvalue weighted by atomic mass is 10.0. The van der Waals surface area contributed by atoms with Crippen LogP contribution in [0.4, 0.5) is 4.79 Å². The summed E-state index contributed by atoms with van der Waals surface area (Å²) < 4.78 is 9.84. The van der Waals surface area contributed by atoms with Crippen molar-refractivity contribution in [1.29, 1.82) is 0 Å². The monoisotopic (exact) mass is 198 g/mol. The van der Waals surface area contributed by atoms with E-state index in [0.717, 1.165) is 19.3 Å². The first-order chi connectivity index (χ1) is 6.83. The van der Waals surface area contributed by atoms with E-state index in [1.807, 2.05) is 6.08 Å². The van der Waals surface area contributed by atoms with Crippen molar-refractivity contribution >= 4 is 6.16 Å². The molecule has 0 heterocycles. The number of carbonyl (C=O) groups is 1. The van der Waals surface area contributed by atoms with E-state index in [1.54, 1.807) is 6.92 Å². The van der Waals surface area contributed by atoms with Crippen molar-refractivity contribution in [1.82, 2.24) is 0 Å². The van der Waals surface area contributed by atoms with Gasteiger partial charge >= 0.3 is 6.16 Å². The molecular weight excluding hydrogens is 180 g/mol. The Morgan fingerprint density at radius 2 is 2.29 bits per heavy atom. The van der Waals surface area contributed by atoms with Gasteiger partial charge in [0.05, 0.1) is 6.61 Å². The van der Waals surface area contributed by atoms with E-state index in [1.165, 1.54) is 12.8 Å². The molecule has 0 saturated heterocycles. The Morgan fingerprint density at radius 1 is 1.43 bits per heavy atom. The Bertz CT molecular complexity index is 199. The van der Waals surface area contributed by atoms with Gasteiger partial charge in [-0.15, -0.1) is 0 Å². The molecule has 0 aromatic carbocycles. The molecule has 0 radical (unpaired) electrons. The highest BCUT2D eigenvalue weighted by molar-refractivity contribution is 5.60. The van der Waals surface area contributed by atoms with Gasteiger partial charge in [-0.1, -0.05) is 12.5 Å². The van der Waals surface area contributed by atoms with Gasteiger partial charge in [0, 0.05) is 0 Å². The Labute approximate surface area is 85.1 Å². The average Bonchev–Trinajstić information content (AvgIpc) is 2.10. The molecule has 1 aliphatic carbocycles. The number of hydrogen-bond acceptors (Lipinski definition) is 3. The Hall–Kier alpha value is -0.990. The molecule has 1 aliphatic rings. The van der Waals surface area contributed by atoms with E-state index >= 15 is 0 Å². The van der Waals surface area contributed by atoms with Crippen LogP contribution in [0, 0.1) is 0 Å². The van der Waals surface area contributed by atoms with Crippen LogP contribution in [-0.4, -0.2) is 18.9 Å². The number of hydrogen-bond donors (Lipinski definition) is 0. The zero-order chi connectivity index (χ0) is 10.2. The molecule has 0 N–H and O–H groups in total. The van der Waals surface area contributed by atoms with E-state index in [2.05, 4.69) is 6.08 Å². The smallest absolute Gasteiger partial charge is 0.435 e. The summed E-state index contributed by atoms with van der Waals surface area (Å²) in [4.78, 5) is 11.0. The van der Waals surface area contributed by atoms with E-state index in [0.29, 0.717) is 6.61 Å². The van der Waals surface area contributed by atoms with Gasteiger partial charge in [-0.3, -0.25) is 0 Å². The maximum atomic E-state index is 11.0. The van der Waals surface area contributed by atoms with Crippen molar-refractivity contribution in [3.8, 4) is 0 Å². The first-order valence-corrected chi connectivity index (χ1v) is 5.33. The first kappa shape index (κ1) is 11.1. The Morgan fingerprint density at radius 3 is 3.07 bits per heavy atom. The van der Waals surface area contributed by atoms with Crippen LogP contribution < -0.4 is 0 Å². The molecule has 1 unspecified atom stereocenters. The highest BCUT2D eigenvalue weighted by atomic mass is 16.7. The molecular formula is C11H18O3. The van der Waals surface area contributed by atoms with Crippen molar-refractivity contribution in [2.45, 2.75) is 45.1 Å². The SMILES string of the molecule is CCOC(=O)OC1/C=C/CCCCC1. The molecule has 0 saturated carbocycles. The van der Waals surface area contributed by atoms with Crippen LogP contribution in [0.3, 0.4) is 0 Å². The predicted molar refractivity (Wildman–Crippen MR) is 54.1 cm³/mol. The summed E-state index contributed by atoms with van der Waals surface area (Å²) >= 11 is 0. The van der Waals surface area contributed by atoms with Crippen molar-refractivity contribution in [2.24, 2.45) is 0 Å². The van der Waals surface area contributed by atoms with Crippen molar-refractivity contribution < 1.29 is 14.3 Å². The Balaban J connectivity index is 2.33. The molecule has 0 bridgehead atoms. The van der Waals surface area contributed by atoms with Crippen LogP contribution in [0.5, 0.6) is 0 Å². The summed E-state index contributed by atoms with van der Waals surface area (Å²) in [5, 5.41) is 0. The van der Waals surface area contributed by atoms with Gasteiger partial charge in [0.2, 0.25) is 0 Å². The maximum Gasteiger partial charge on any atom is 0.508 e. The molecule has 0 fully saturated rings. The van der Waals surface area contributed by atoms with E-state index in [4.69, 9.17) is 9.47 Å². The number of carbonyl (C=O) groups excluding carboxylic acids is 1. The van der Waals surface area contributed by atoms with Gasteiger partial charge in [0.25, 0.3) is 0 Å². The highest BCUT2D eigenvalue weighted by Gasteiger charge is 2.12. The lowest BCUT2D eigenvalue weighted by molar-refractivity contribution is 0.0372. The largest absolute Gasteiger partial charge is 0.508 e. The number of rotatable bonds is 2. The van der Waals surface area contributed by atoms with Gasteiger partial charge < -0.3 is 9.47 Å². The molecule has 0 aromatic rings. The predicted octanol–water partition coefficient (Wildman–Crippen LogP) is 3.05. The zero-order valence-corrected chi connectivity index (χ0v) is 8.70. The van der Waals surface area contributed by atoms with E-state index < -0.39 is 6.16 Å². The van der Waals surface area contributed by atoms with Gasteiger partial charge in [-0.25, -0.2) is 4.79 Å². The maximum absolute atomic E-state index is 11.0. The first-order valence-electron chi connectivity index (χ1n) is 5.33. The molecule has 0 aliphatic heterocycles.